The van der Waals surface area contributed by atoms with E-state index in [0.717, 1.165) is 23.4 Å². The fraction of sp³-hybridized carbons (Fsp3) is 0.394. The molecule has 2 atom stereocenters. The van der Waals surface area contributed by atoms with Crippen molar-refractivity contribution in [3.05, 3.63) is 99.6 Å². The number of hydrogen-bond donors (Lipinski definition) is 0. The second-order valence-electron chi connectivity index (χ2n) is 11.7. The minimum absolute atomic E-state index is 0.0930. The zero-order valence-corrected chi connectivity index (χ0v) is 25.7. The molecule has 0 aromatic heterocycles. The van der Waals surface area contributed by atoms with Crippen LogP contribution in [0.5, 0.6) is 0 Å². The fourth-order valence-electron chi connectivity index (χ4n) is 6.25. The van der Waals surface area contributed by atoms with Crippen molar-refractivity contribution >= 4 is 23.2 Å². The van der Waals surface area contributed by atoms with Gasteiger partial charge in [-0.3, -0.25) is 14.6 Å². The summed E-state index contributed by atoms with van der Waals surface area (Å²) in [5, 5.41) is 10.0. The van der Waals surface area contributed by atoms with Crippen molar-refractivity contribution in [2.45, 2.75) is 43.9 Å². The predicted octanol–water partition coefficient (Wildman–Crippen LogP) is 6.67. The van der Waals surface area contributed by atoms with E-state index in [0.29, 0.717) is 56.3 Å². The molecule has 1 amide bonds. The minimum Gasteiger partial charge on any atom is -0.367 e. The van der Waals surface area contributed by atoms with Gasteiger partial charge in [-0.05, 0) is 67.1 Å². The molecule has 3 aromatic carbocycles. The standard InChI is InChI=1S/C33H32ClF6N5O/c1-42(19-23-13-25(32(35,36)37)16-26(14-23)33(38,39)40)28-17-30(45(21-28)20-22-5-4-7-27(34)15-22)31(46)44-11-9-43(10-12-44)29-8-3-2-6-24(29)18-41/h2-8,13-16,28,30H,9-12,17,19-21H2,1H3. The van der Waals surface area contributed by atoms with Crippen LogP contribution < -0.4 is 4.90 Å². The number of hydrogen-bond acceptors (Lipinski definition) is 5. The van der Waals surface area contributed by atoms with Crippen LogP contribution in [0.15, 0.2) is 66.7 Å². The number of rotatable bonds is 7. The summed E-state index contributed by atoms with van der Waals surface area (Å²) in [5.74, 6) is -0.0930. The van der Waals surface area contributed by atoms with Crippen molar-refractivity contribution in [3.63, 3.8) is 0 Å². The fourth-order valence-corrected chi connectivity index (χ4v) is 6.46. The topological polar surface area (TPSA) is 53.8 Å². The van der Waals surface area contributed by atoms with Crippen molar-refractivity contribution < 1.29 is 31.1 Å². The van der Waals surface area contributed by atoms with Crippen LogP contribution in [0.4, 0.5) is 32.0 Å². The number of nitriles is 1. The second kappa shape index (κ2) is 13.5. The molecule has 2 fully saturated rings. The molecule has 2 aliphatic rings. The minimum atomic E-state index is -4.94. The molecule has 6 nitrogen and oxygen atoms in total. The monoisotopic (exact) mass is 663 g/mol. The van der Waals surface area contributed by atoms with Crippen molar-refractivity contribution in [2.24, 2.45) is 0 Å². The first-order valence-corrected chi connectivity index (χ1v) is 15.1. The first-order valence-electron chi connectivity index (χ1n) is 14.7. The van der Waals surface area contributed by atoms with E-state index in [1.807, 2.05) is 23.1 Å². The molecule has 2 unspecified atom stereocenters. The highest BCUT2D eigenvalue weighted by molar-refractivity contribution is 6.30. The highest BCUT2D eigenvalue weighted by atomic mass is 35.5. The second-order valence-corrected chi connectivity index (χ2v) is 12.2. The number of alkyl halides is 6. The molecule has 244 valence electrons. The van der Waals surface area contributed by atoms with E-state index >= 15 is 0 Å². The number of likely N-dealkylation sites (N-methyl/N-ethyl adjacent to an activating group) is 1. The number of anilines is 1. The van der Waals surface area contributed by atoms with E-state index in [1.165, 1.54) is 0 Å². The molecule has 2 heterocycles. The van der Waals surface area contributed by atoms with E-state index < -0.39 is 29.5 Å². The van der Waals surface area contributed by atoms with E-state index in [2.05, 4.69) is 11.0 Å². The summed E-state index contributed by atoms with van der Waals surface area (Å²) >= 11 is 6.21. The van der Waals surface area contributed by atoms with Crippen LogP contribution in [0.25, 0.3) is 0 Å². The molecule has 0 spiro atoms. The van der Waals surface area contributed by atoms with E-state index in [-0.39, 0.29) is 30.1 Å². The van der Waals surface area contributed by atoms with Gasteiger partial charge < -0.3 is 9.80 Å². The van der Waals surface area contributed by atoms with Gasteiger partial charge in [-0.2, -0.15) is 31.6 Å². The molecule has 2 aliphatic heterocycles. The number of benzene rings is 3. The Morgan fingerprint density at radius 2 is 1.57 bits per heavy atom. The first kappa shape index (κ1) is 33.6. The molecule has 13 heteroatoms. The Bertz CT molecular complexity index is 1570. The molecule has 0 bridgehead atoms. The Labute approximate surface area is 268 Å². The molecular formula is C33H32ClF6N5O. The molecule has 0 saturated carbocycles. The average Bonchev–Trinajstić information content (AvgIpc) is 3.43. The molecule has 3 aromatic rings. The average molecular weight is 664 g/mol. The van der Waals surface area contributed by atoms with Crippen LogP contribution in [0.1, 0.15) is 34.2 Å². The number of halogens is 7. The smallest absolute Gasteiger partial charge is 0.367 e. The normalized spacial score (nSPS) is 19.5. The SMILES string of the molecule is CN(Cc1cc(C(F)(F)F)cc(C(F)(F)F)c1)C1CC(C(=O)N2CCN(c3ccccc3C#N)CC2)N(Cc2cccc(Cl)c2)C1. The maximum atomic E-state index is 14.0. The highest BCUT2D eigenvalue weighted by Gasteiger charge is 2.42. The number of carbonyl (C=O) groups excluding carboxylic acids is 1. The van der Waals surface area contributed by atoms with Crippen LogP contribution in [-0.4, -0.2) is 72.5 Å². The highest BCUT2D eigenvalue weighted by Crippen LogP contribution is 2.37. The van der Waals surface area contributed by atoms with Gasteiger partial charge in [0.15, 0.2) is 0 Å². The number of nitrogens with zero attached hydrogens (tertiary/aromatic N) is 5. The quantitative estimate of drug-likeness (QED) is 0.264. The number of para-hydroxylation sites is 1. The predicted molar refractivity (Wildman–Crippen MR) is 162 cm³/mol. The molecule has 2 saturated heterocycles. The lowest BCUT2D eigenvalue weighted by atomic mass is 10.0. The molecule has 5 rings (SSSR count). The Morgan fingerprint density at radius 1 is 0.913 bits per heavy atom. The Hall–Kier alpha value is -3.79. The summed E-state index contributed by atoms with van der Waals surface area (Å²) in [5.41, 5.74) is -0.590. The molecule has 46 heavy (non-hydrogen) atoms. The summed E-state index contributed by atoms with van der Waals surface area (Å²) in [6, 6.07) is 17.5. The first-order chi connectivity index (χ1) is 21.7. The third kappa shape index (κ3) is 7.77. The molecule has 0 aliphatic carbocycles. The van der Waals surface area contributed by atoms with Crippen LogP contribution in [-0.2, 0) is 30.2 Å². The third-order valence-corrected chi connectivity index (χ3v) is 8.84. The summed E-state index contributed by atoms with van der Waals surface area (Å²) in [6.07, 6.45) is -9.53. The van der Waals surface area contributed by atoms with Crippen molar-refractivity contribution in [1.29, 1.82) is 5.26 Å². The molecular weight excluding hydrogens is 632 g/mol. The lowest BCUT2D eigenvalue weighted by Gasteiger charge is -2.38. The van der Waals surface area contributed by atoms with Gasteiger partial charge >= 0.3 is 12.4 Å². The summed E-state index contributed by atoms with van der Waals surface area (Å²) in [6.45, 7) is 2.53. The molecule has 0 radical (unpaired) electrons. The van der Waals surface area contributed by atoms with Gasteiger partial charge in [0.2, 0.25) is 5.91 Å². The van der Waals surface area contributed by atoms with Gasteiger partial charge in [-0.25, -0.2) is 0 Å². The molecule has 0 N–H and O–H groups in total. The lowest BCUT2D eigenvalue weighted by Crippen LogP contribution is -2.53. The van der Waals surface area contributed by atoms with Gasteiger partial charge in [0.25, 0.3) is 0 Å². The van der Waals surface area contributed by atoms with Crippen LogP contribution in [0.3, 0.4) is 0 Å². The Morgan fingerprint density at radius 3 is 2.17 bits per heavy atom. The van der Waals surface area contributed by atoms with Gasteiger partial charge in [0, 0.05) is 56.9 Å². The maximum absolute atomic E-state index is 14.0. The zero-order valence-electron chi connectivity index (χ0n) is 25.0. The number of amides is 1. The number of likely N-dealkylation sites (tertiary alicyclic amines) is 1. The van der Waals surface area contributed by atoms with Gasteiger partial charge in [-0.1, -0.05) is 35.9 Å². The van der Waals surface area contributed by atoms with E-state index in [4.69, 9.17) is 11.6 Å². The zero-order chi connectivity index (χ0) is 33.2. The number of piperazine rings is 1. The Kier molecular flexibility index (Phi) is 9.86. The van der Waals surface area contributed by atoms with Crippen molar-refractivity contribution in [3.8, 4) is 6.07 Å². The van der Waals surface area contributed by atoms with Crippen LogP contribution in [0, 0.1) is 11.3 Å². The summed E-state index contributed by atoms with van der Waals surface area (Å²) < 4.78 is 80.9. The van der Waals surface area contributed by atoms with Crippen LogP contribution >= 0.6 is 11.6 Å². The summed E-state index contributed by atoms with van der Waals surface area (Å²) in [7, 11) is 1.65. The van der Waals surface area contributed by atoms with E-state index in [1.54, 1.807) is 47.2 Å². The van der Waals surface area contributed by atoms with Gasteiger partial charge in [0.05, 0.1) is 28.4 Å². The van der Waals surface area contributed by atoms with Gasteiger partial charge in [-0.15, -0.1) is 0 Å². The van der Waals surface area contributed by atoms with Crippen LogP contribution in [0.2, 0.25) is 5.02 Å². The lowest BCUT2D eigenvalue weighted by molar-refractivity contribution is -0.143. The third-order valence-electron chi connectivity index (χ3n) is 8.60. The number of carbonyl (C=O) groups is 1. The van der Waals surface area contributed by atoms with E-state index in [9.17, 15) is 36.4 Å². The Balaban J connectivity index is 1.34. The largest absolute Gasteiger partial charge is 0.416 e. The van der Waals surface area contributed by atoms with Gasteiger partial charge in [0.1, 0.15) is 6.07 Å². The van der Waals surface area contributed by atoms with Crippen molar-refractivity contribution in [1.82, 2.24) is 14.7 Å². The maximum Gasteiger partial charge on any atom is 0.416 e. The van der Waals surface area contributed by atoms with Crippen molar-refractivity contribution in [2.75, 3.05) is 44.7 Å². The summed E-state index contributed by atoms with van der Waals surface area (Å²) in [4.78, 5) is 21.6.